The molecule has 2 aromatic heterocycles. The van der Waals surface area contributed by atoms with Crippen molar-refractivity contribution in [1.82, 2.24) is 14.1 Å². The summed E-state index contributed by atoms with van der Waals surface area (Å²) in [5.74, 6) is 0.796. The molecule has 2 heterocycles. The fourth-order valence-electron chi connectivity index (χ4n) is 3.36. The third kappa shape index (κ3) is 4.55. The molecular weight excluding hydrogens is 408 g/mol. The molecule has 1 aromatic carbocycles. The number of hydrogen-bond donors (Lipinski definition) is 2. The maximum Gasteiger partial charge on any atom is 0.278 e. The predicted molar refractivity (Wildman–Crippen MR) is 123 cm³/mol. The van der Waals surface area contributed by atoms with Gasteiger partial charge in [-0.05, 0) is 26.0 Å². The molecule has 32 heavy (non-hydrogen) atoms. The lowest BCUT2D eigenvalue weighted by Gasteiger charge is -2.11. The number of carbonyl (C=O) groups excluding carboxylic acids is 1. The third-order valence-electron chi connectivity index (χ3n) is 4.96. The minimum absolute atomic E-state index is 0.184. The van der Waals surface area contributed by atoms with Gasteiger partial charge in [0.05, 0.1) is 20.0 Å². The number of rotatable bonds is 9. The molecule has 3 aromatic rings. The number of methoxy groups -OCH3 is 1. The second-order valence-electron chi connectivity index (χ2n) is 7.47. The Morgan fingerprint density at radius 3 is 2.81 bits per heavy atom. The first-order valence-electron chi connectivity index (χ1n) is 10.2. The zero-order valence-electron chi connectivity index (χ0n) is 18.4. The molecule has 0 saturated carbocycles. The summed E-state index contributed by atoms with van der Waals surface area (Å²) >= 11 is 0. The molecule has 9 heteroatoms. The van der Waals surface area contributed by atoms with Gasteiger partial charge < -0.3 is 20.4 Å². The number of benzene rings is 1. The van der Waals surface area contributed by atoms with Crippen molar-refractivity contribution < 1.29 is 9.53 Å². The number of nitrogens with two attached hydrogens (primary N) is 1. The molecule has 9 nitrogen and oxygen atoms in total. The first kappa shape index (κ1) is 22.8. The van der Waals surface area contributed by atoms with E-state index in [1.165, 1.54) is 18.0 Å². The second kappa shape index (κ2) is 9.94. The highest BCUT2D eigenvalue weighted by Crippen LogP contribution is 2.26. The lowest BCUT2D eigenvalue weighted by atomic mass is 10.1. The average Bonchev–Trinajstić information content (AvgIpc) is 3.10. The van der Waals surface area contributed by atoms with Crippen LogP contribution in [0.2, 0.25) is 0 Å². The summed E-state index contributed by atoms with van der Waals surface area (Å²) in [6, 6.07) is 8.90. The largest absolute Gasteiger partial charge is 0.497 e. The second-order valence-corrected chi connectivity index (χ2v) is 7.47. The summed E-state index contributed by atoms with van der Waals surface area (Å²) in [5, 5.41) is 12.9. The van der Waals surface area contributed by atoms with Crippen LogP contribution in [-0.4, -0.2) is 40.1 Å². The van der Waals surface area contributed by atoms with E-state index in [2.05, 4.69) is 16.4 Å². The van der Waals surface area contributed by atoms with Crippen molar-refractivity contribution in [3.8, 4) is 11.8 Å². The van der Waals surface area contributed by atoms with Gasteiger partial charge in [0.25, 0.3) is 5.56 Å². The van der Waals surface area contributed by atoms with Crippen molar-refractivity contribution in [1.29, 1.82) is 5.26 Å². The number of nitrogens with one attached hydrogen (secondary N) is 1. The van der Waals surface area contributed by atoms with Crippen LogP contribution in [0, 0.1) is 11.3 Å². The molecule has 0 radical (unpaired) electrons. The maximum absolute atomic E-state index is 13.4. The van der Waals surface area contributed by atoms with Crippen molar-refractivity contribution in [3.63, 3.8) is 0 Å². The molecule has 0 spiro atoms. The monoisotopic (exact) mass is 434 g/mol. The number of fused-ring (bicyclic) bond motifs is 1. The standard InChI is InChI=1S/C23H26N6O3/c1-15(2)7-10-29-21-20(18(12-25)22(29)26-9-8-24)27-14-28(23(21)31)13-19(30)16-5-4-6-17(11-16)32-3/h4-7,11,14,26H,8-10,13,24H2,1-3H3. The zero-order valence-corrected chi connectivity index (χ0v) is 18.4. The van der Waals surface area contributed by atoms with Gasteiger partial charge in [-0.25, -0.2) is 4.98 Å². The fraction of sp³-hybridized carbons (Fsp3) is 0.304. The summed E-state index contributed by atoms with van der Waals surface area (Å²) in [5.41, 5.74) is 7.56. The molecule has 3 N–H and O–H groups in total. The topological polar surface area (TPSA) is 128 Å². The highest BCUT2D eigenvalue weighted by molar-refractivity contribution is 5.96. The molecule has 0 amide bonds. The number of nitrogens with zero attached hydrogens (tertiary/aromatic N) is 4. The first-order valence-corrected chi connectivity index (χ1v) is 10.2. The van der Waals surface area contributed by atoms with E-state index in [4.69, 9.17) is 10.5 Å². The van der Waals surface area contributed by atoms with Gasteiger partial charge in [-0.2, -0.15) is 5.26 Å². The van der Waals surface area contributed by atoms with Crippen LogP contribution in [0.15, 0.2) is 47.0 Å². The maximum atomic E-state index is 13.4. The van der Waals surface area contributed by atoms with Gasteiger partial charge in [0.2, 0.25) is 0 Å². The molecule has 0 saturated heterocycles. The van der Waals surface area contributed by atoms with Gasteiger partial charge in [-0.1, -0.05) is 23.8 Å². The minimum atomic E-state index is -0.397. The van der Waals surface area contributed by atoms with Gasteiger partial charge in [0.1, 0.15) is 34.2 Å². The van der Waals surface area contributed by atoms with Crippen LogP contribution in [0.3, 0.4) is 0 Å². The highest BCUT2D eigenvalue weighted by Gasteiger charge is 2.22. The molecule has 0 aliphatic rings. The molecule has 0 aliphatic heterocycles. The highest BCUT2D eigenvalue weighted by atomic mass is 16.5. The van der Waals surface area contributed by atoms with Crippen LogP contribution >= 0.6 is 0 Å². The van der Waals surface area contributed by atoms with E-state index >= 15 is 0 Å². The molecule has 0 fully saturated rings. The molecular formula is C23H26N6O3. The Labute approximate surface area is 185 Å². The lowest BCUT2D eigenvalue weighted by molar-refractivity contribution is 0.0970. The third-order valence-corrected chi connectivity index (χ3v) is 4.96. The molecule has 0 bridgehead atoms. The Bertz CT molecular complexity index is 1280. The van der Waals surface area contributed by atoms with E-state index in [0.717, 1.165) is 5.57 Å². The number of ketones is 1. The number of ether oxygens (including phenoxy) is 1. The summed E-state index contributed by atoms with van der Waals surface area (Å²) in [7, 11) is 1.52. The minimum Gasteiger partial charge on any atom is -0.497 e. The Kier molecular flexibility index (Phi) is 7.07. The quantitative estimate of drug-likeness (QED) is 0.391. The number of Topliss-reactive ketones (excluding diaryl/α,β-unsaturated/α-hetero) is 1. The van der Waals surface area contributed by atoms with Gasteiger partial charge in [-0.15, -0.1) is 0 Å². The zero-order chi connectivity index (χ0) is 23.3. The van der Waals surface area contributed by atoms with E-state index in [1.807, 2.05) is 19.9 Å². The molecule has 3 rings (SSSR count). The van der Waals surface area contributed by atoms with E-state index in [-0.39, 0.29) is 23.4 Å². The van der Waals surface area contributed by atoms with Crippen LogP contribution in [0.1, 0.15) is 29.8 Å². The van der Waals surface area contributed by atoms with E-state index in [0.29, 0.717) is 42.3 Å². The van der Waals surface area contributed by atoms with E-state index in [1.54, 1.807) is 28.8 Å². The SMILES string of the molecule is COc1cccc(C(=O)Cn2cnc3c(C#N)c(NCCN)n(CC=C(C)C)c3c2=O)c1. The van der Waals surface area contributed by atoms with Gasteiger partial charge in [0, 0.05) is 25.2 Å². The van der Waals surface area contributed by atoms with Gasteiger partial charge in [-0.3, -0.25) is 14.2 Å². The van der Waals surface area contributed by atoms with Crippen LogP contribution < -0.4 is 21.3 Å². The van der Waals surface area contributed by atoms with Crippen molar-refractivity contribution in [2.24, 2.45) is 5.73 Å². The van der Waals surface area contributed by atoms with Crippen molar-refractivity contribution >= 4 is 22.6 Å². The Balaban J connectivity index is 2.12. The molecule has 0 unspecified atom stereocenters. The van der Waals surface area contributed by atoms with Crippen LogP contribution in [0.5, 0.6) is 5.75 Å². The predicted octanol–water partition coefficient (Wildman–Crippen LogP) is 2.30. The Morgan fingerprint density at radius 1 is 1.38 bits per heavy atom. The number of anilines is 1. The summed E-state index contributed by atoms with van der Waals surface area (Å²) in [6.45, 7) is 4.89. The van der Waals surface area contributed by atoms with Crippen molar-refractivity contribution in [3.05, 3.63) is 63.7 Å². The Hall–Kier alpha value is -3.90. The van der Waals surface area contributed by atoms with Crippen molar-refractivity contribution in [2.75, 3.05) is 25.5 Å². The summed E-state index contributed by atoms with van der Waals surface area (Å²) in [4.78, 5) is 30.5. The lowest BCUT2D eigenvalue weighted by Crippen LogP contribution is -2.26. The van der Waals surface area contributed by atoms with Crippen molar-refractivity contribution in [2.45, 2.75) is 26.9 Å². The summed E-state index contributed by atoms with van der Waals surface area (Å²) in [6.07, 6.45) is 3.26. The molecule has 0 aliphatic carbocycles. The first-order chi connectivity index (χ1) is 15.4. The number of aromatic nitrogens is 3. The number of hydrogen-bond acceptors (Lipinski definition) is 7. The Morgan fingerprint density at radius 2 is 2.16 bits per heavy atom. The molecule has 0 atom stereocenters. The number of nitriles is 1. The number of carbonyl (C=O) groups is 1. The van der Waals surface area contributed by atoms with E-state index < -0.39 is 5.56 Å². The van der Waals surface area contributed by atoms with E-state index in [9.17, 15) is 14.9 Å². The van der Waals surface area contributed by atoms with Gasteiger partial charge >= 0.3 is 0 Å². The normalized spacial score (nSPS) is 10.6. The van der Waals surface area contributed by atoms with Crippen LogP contribution in [0.25, 0.3) is 11.0 Å². The van der Waals surface area contributed by atoms with Crippen LogP contribution in [0.4, 0.5) is 5.82 Å². The number of allylic oxidation sites excluding steroid dienone is 2. The fourth-order valence-corrected chi connectivity index (χ4v) is 3.36. The smallest absolute Gasteiger partial charge is 0.278 e. The van der Waals surface area contributed by atoms with Gasteiger partial charge in [0.15, 0.2) is 5.78 Å². The average molecular weight is 435 g/mol. The summed E-state index contributed by atoms with van der Waals surface area (Å²) < 4.78 is 8.15. The molecule has 166 valence electrons. The van der Waals surface area contributed by atoms with Crippen LogP contribution in [-0.2, 0) is 13.1 Å².